The molecule has 0 fully saturated rings. The topological polar surface area (TPSA) is 38.7 Å². The zero-order chi connectivity index (χ0) is 8.27. The van der Waals surface area contributed by atoms with Crippen molar-refractivity contribution in [2.75, 3.05) is 0 Å². The summed E-state index contributed by atoms with van der Waals surface area (Å²) in [7, 11) is 0. The average Bonchev–Trinajstić information content (AvgIpc) is 1.85. The minimum absolute atomic E-state index is 0.174. The molecule has 0 spiro atoms. The molecular formula is C7H7IO3. The lowest BCUT2D eigenvalue weighted by Crippen LogP contribution is -1.85. The van der Waals surface area contributed by atoms with Crippen molar-refractivity contribution in [1.29, 1.82) is 0 Å². The molecule has 0 unspecified atom stereocenters. The smallest absolute Gasteiger partial charge is 0.170 e. The van der Waals surface area contributed by atoms with Crippen molar-refractivity contribution in [3.63, 3.8) is 0 Å². The number of benzene rings is 1. The lowest BCUT2D eigenvalue weighted by molar-refractivity contribution is -0.0473. The van der Waals surface area contributed by atoms with Gasteiger partial charge in [-0.3, -0.25) is 0 Å². The maximum Gasteiger partial charge on any atom is 0.170 e. The lowest BCUT2D eigenvalue weighted by atomic mass is 10.2. The Hall–Kier alpha value is -0.490. The summed E-state index contributed by atoms with van der Waals surface area (Å²) in [5, 5.41) is 9.08. The molecule has 4 heteroatoms. The van der Waals surface area contributed by atoms with Crippen LogP contribution in [0.15, 0.2) is 18.2 Å². The largest absolute Gasteiger partial charge is 0.508 e. The van der Waals surface area contributed by atoms with Gasteiger partial charge in [0.1, 0.15) is 5.75 Å². The van der Waals surface area contributed by atoms with Crippen LogP contribution >= 0.6 is 23.0 Å². The van der Waals surface area contributed by atoms with E-state index >= 15 is 0 Å². The van der Waals surface area contributed by atoms with Crippen molar-refractivity contribution in [3.8, 4) is 11.5 Å². The van der Waals surface area contributed by atoms with Gasteiger partial charge < -0.3 is 9.99 Å². The van der Waals surface area contributed by atoms with Crippen LogP contribution in [0.4, 0.5) is 0 Å². The number of rotatable bonds is 2. The van der Waals surface area contributed by atoms with E-state index in [1.54, 1.807) is 35.1 Å². The maximum absolute atomic E-state index is 9.08. The normalized spacial score (nSPS) is 9.64. The van der Waals surface area contributed by atoms with Crippen molar-refractivity contribution < 1.29 is 13.2 Å². The molecule has 0 aromatic heterocycles. The van der Waals surface area contributed by atoms with Crippen LogP contribution in [0.25, 0.3) is 0 Å². The summed E-state index contributed by atoms with van der Waals surface area (Å²) in [6.45, 7) is 1.86. The molecule has 60 valence electrons. The Morgan fingerprint density at radius 1 is 1.36 bits per heavy atom. The molecule has 1 aromatic carbocycles. The highest BCUT2D eigenvalue weighted by molar-refractivity contribution is 14.1. The number of hydrogen-bond acceptors (Lipinski definition) is 3. The van der Waals surface area contributed by atoms with Crippen molar-refractivity contribution in [2.24, 2.45) is 0 Å². The number of hydrogen-bond donors (Lipinski definition) is 1. The highest BCUT2D eigenvalue weighted by Gasteiger charge is 1.97. The maximum atomic E-state index is 9.08. The Balaban J connectivity index is 2.89. The van der Waals surface area contributed by atoms with Gasteiger partial charge in [-0.15, -0.1) is 3.22 Å². The van der Waals surface area contributed by atoms with Gasteiger partial charge in [0.2, 0.25) is 0 Å². The molecule has 0 aliphatic carbocycles. The second kappa shape index (κ2) is 3.77. The van der Waals surface area contributed by atoms with E-state index < -0.39 is 0 Å². The van der Waals surface area contributed by atoms with Crippen molar-refractivity contribution >= 4 is 23.0 Å². The lowest BCUT2D eigenvalue weighted by Gasteiger charge is -2.00. The summed E-state index contributed by atoms with van der Waals surface area (Å²) in [6, 6.07) is 4.88. The van der Waals surface area contributed by atoms with Crippen LogP contribution in [-0.4, -0.2) is 5.11 Å². The Bertz CT molecular complexity index is 229. The van der Waals surface area contributed by atoms with E-state index in [4.69, 9.17) is 9.99 Å². The third-order valence-corrected chi connectivity index (χ3v) is 1.34. The molecule has 0 amide bonds. The van der Waals surface area contributed by atoms with Crippen LogP contribution in [0, 0.1) is 6.92 Å². The molecule has 1 aromatic rings. The molecule has 0 radical (unpaired) electrons. The van der Waals surface area contributed by atoms with Crippen LogP contribution < -0.4 is 4.89 Å². The van der Waals surface area contributed by atoms with E-state index in [-0.39, 0.29) is 5.75 Å². The molecule has 11 heavy (non-hydrogen) atoms. The zero-order valence-electron chi connectivity index (χ0n) is 5.87. The summed E-state index contributed by atoms with van der Waals surface area (Å²) in [4.78, 5) is 4.69. The Labute approximate surface area is 78.6 Å². The number of phenols is 1. The molecule has 0 bridgehead atoms. The molecule has 0 saturated carbocycles. The van der Waals surface area contributed by atoms with Gasteiger partial charge in [-0.2, -0.15) is 0 Å². The van der Waals surface area contributed by atoms with Crippen LogP contribution in [-0.2, 0) is 3.22 Å². The van der Waals surface area contributed by atoms with Gasteiger partial charge in [0, 0.05) is 6.07 Å². The molecule has 0 aliphatic heterocycles. The van der Waals surface area contributed by atoms with Crippen LogP contribution in [0.1, 0.15) is 5.56 Å². The second-order valence-corrected chi connectivity index (χ2v) is 2.51. The van der Waals surface area contributed by atoms with E-state index in [1.165, 1.54) is 6.07 Å². The number of aromatic hydroxyl groups is 1. The number of aryl methyl sites for hydroxylation is 1. The first-order chi connectivity index (χ1) is 5.22. The first-order valence-corrected chi connectivity index (χ1v) is 3.86. The fraction of sp³-hybridized carbons (Fsp3) is 0.143. The van der Waals surface area contributed by atoms with Crippen molar-refractivity contribution in [1.82, 2.24) is 0 Å². The molecule has 0 atom stereocenters. The van der Waals surface area contributed by atoms with Gasteiger partial charge in [0.25, 0.3) is 0 Å². The molecule has 1 N–H and O–H groups in total. The number of phenolic OH excluding ortho intramolecular Hbond substituents is 1. The molecule has 0 saturated heterocycles. The average molecular weight is 266 g/mol. The summed E-state index contributed by atoms with van der Waals surface area (Å²) in [5.41, 5.74) is 0.924. The van der Waals surface area contributed by atoms with E-state index in [0.29, 0.717) is 5.75 Å². The van der Waals surface area contributed by atoms with E-state index in [1.807, 2.05) is 6.92 Å². The summed E-state index contributed by atoms with van der Waals surface area (Å²) >= 11 is 1.61. The first-order valence-electron chi connectivity index (χ1n) is 2.98. The van der Waals surface area contributed by atoms with Gasteiger partial charge in [0.05, 0.1) is 0 Å². The SMILES string of the molecule is Cc1cc(O)cc(OOI)c1. The fourth-order valence-corrected chi connectivity index (χ4v) is 1.02. The van der Waals surface area contributed by atoms with E-state index in [9.17, 15) is 0 Å². The predicted octanol–water partition coefficient (Wildman–Crippen LogP) is 2.36. The molecular weight excluding hydrogens is 259 g/mol. The Morgan fingerprint density at radius 2 is 2.09 bits per heavy atom. The van der Waals surface area contributed by atoms with Gasteiger partial charge >= 0.3 is 0 Å². The summed E-state index contributed by atoms with van der Waals surface area (Å²) in [5.74, 6) is 0.672. The highest BCUT2D eigenvalue weighted by atomic mass is 127. The molecule has 3 nitrogen and oxygen atoms in total. The van der Waals surface area contributed by atoms with Crippen molar-refractivity contribution in [2.45, 2.75) is 6.92 Å². The van der Waals surface area contributed by atoms with Gasteiger partial charge in [-0.25, -0.2) is 0 Å². The van der Waals surface area contributed by atoms with Crippen molar-refractivity contribution in [3.05, 3.63) is 23.8 Å². The Kier molecular flexibility index (Phi) is 2.95. The molecule has 0 aliphatic rings. The first kappa shape index (κ1) is 8.61. The minimum atomic E-state index is 0.174. The third-order valence-electron chi connectivity index (χ3n) is 1.16. The molecule has 1 rings (SSSR count). The fourth-order valence-electron chi connectivity index (χ4n) is 0.813. The second-order valence-electron chi connectivity index (χ2n) is 2.15. The molecule has 0 heterocycles. The van der Waals surface area contributed by atoms with E-state index in [0.717, 1.165) is 5.56 Å². The summed E-state index contributed by atoms with van der Waals surface area (Å²) < 4.78 is 4.40. The zero-order valence-corrected chi connectivity index (χ0v) is 8.03. The standard InChI is InChI=1S/C7H7IO3/c1-5-2-6(9)4-7(3-5)10-11-8/h2-4,9H,1H3. The van der Waals surface area contributed by atoms with E-state index in [2.05, 4.69) is 3.22 Å². The van der Waals surface area contributed by atoms with Crippen LogP contribution in [0.5, 0.6) is 11.5 Å². The van der Waals surface area contributed by atoms with Crippen LogP contribution in [0.2, 0.25) is 0 Å². The predicted molar refractivity (Wildman–Crippen MR) is 48.6 cm³/mol. The minimum Gasteiger partial charge on any atom is -0.508 e. The highest BCUT2D eigenvalue weighted by Crippen LogP contribution is 2.21. The van der Waals surface area contributed by atoms with Gasteiger partial charge in [0.15, 0.2) is 28.8 Å². The number of halogens is 1. The van der Waals surface area contributed by atoms with Gasteiger partial charge in [-0.05, 0) is 24.6 Å². The quantitative estimate of drug-likeness (QED) is 0.507. The summed E-state index contributed by atoms with van der Waals surface area (Å²) in [6.07, 6.45) is 0. The Morgan fingerprint density at radius 3 is 2.64 bits per heavy atom. The third kappa shape index (κ3) is 2.55. The van der Waals surface area contributed by atoms with Gasteiger partial charge in [-0.1, -0.05) is 0 Å². The van der Waals surface area contributed by atoms with Crippen LogP contribution in [0.3, 0.4) is 0 Å². The monoisotopic (exact) mass is 266 g/mol.